The van der Waals surface area contributed by atoms with Gasteiger partial charge in [-0.1, -0.05) is 20.3 Å². The summed E-state index contributed by atoms with van der Waals surface area (Å²) in [6, 6.07) is -0.474. The van der Waals surface area contributed by atoms with Crippen LogP contribution in [0.4, 0.5) is 4.79 Å². The number of ether oxygens (including phenoxy) is 1. The van der Waals surface area contributed by atoms with Gasteiger partial charge in [-0.25, -0.2) is 4.79 Å². The Morgan fingerprint density at radius 1 is 1.45 bits per heavy atom. The van der Waals surface area contributed by atoms with E-state index in [1.165, 1.54) is 0 Å². The second-order valence-electron chi connectivity index (χ2n) is 5.62. The summed E-state index contributed by atoms with van der Waals surface area (Å²) in [5, 5.41) is 11.8. The molecule has 3 atom stereocenters. The number of rotatable bonds is 6. The number of nitrogens with zero attached hydrogens (tertiary/aromatic N) is 1. The van der Waals surface area contributed by atoms with Crippen molar-refractivity contribution in [1.82, 2.24) is 10.2 Å². The summed E-state index contributed by atoms with van der Waals surface area (Å²) in [6.07, 6.45) is 1.93. The van der Waals surface area contributed by atoms with Crippen LogP contribution >= 0.6 is 0 Å². The smallest absolute Gasteiger partial charge is 0.318 e. The molecular formula is C14H26N2O4. The van der Waals surface area contributed by atoms with Gasteiger partial charge in [-0.3, -0.25) is 4.79 Å². The molecule has 3 unspecified atom stereocenters. The fraction of sp³-hybridized carbons (Fsp3) is 0.857. The molecule has 6 nitrogen and oxygen atoms in total. The summed E-state index contributed by atoms with van der Waals surface area (Å²) in [5.41, 5.74) is 0. The number of nitrogens with one attached hydrogen (secondary N) is 1. The molecule has 0 radical (unpaired) electrons. The normalized spacial score (nSPS) is 22.1. The van der Waals surface area contributed by atoms with E-state index in [4.69, 9.17) is 9.84 Å². The quantitative estimate of drug-likeness (QED) is 0.779. The number of carboxylic acids is 1. The van der Waals surface area contributed by atoms with Gasteiger partial charge in [0.05, 0.1) is 25.7 Å². The lowest BCUT2D eigenvalue weighted by Gasteiger charge is -2.35. The van der Waals surface area contributed by atoms with Gasteiger partial charge in [-0.15, -0.1) is 0 Å². The highest BCUT2D eigenvalue weighted by Gasteiger charge is 2.29. The lowest BCUT2D eigenvalue weighted by atomic mass is 10.0. The van der Waals surface area contributed by atoms with Crippen molar-refractivity contribution in [3.8, 4) is 0 Å². The van der Waals surface area contributed by atoms with E-state index in [1.54, 1.807) is 4.90 Å². The van der Waals surface area contributed by atoms with Gasteiger partial charge < -0.3 is 20.1 Å². The van der Waals surface area contributed by atoms with Crippen molar-refractivity contribution in [1.29, 1.82) is 0 Å². The van der Waals surface area contributed by atoms with Gasteiger partial charge in [0.15, 0.2) is 0 Å². The highest BCUT2D eigenvalue weighted by atomic mass is 16.5. The molecule has 0 bridgehead atoms. The zero-order valence-corrected chi connectivity index (χ0v) is 12.6. The monoisotopic (exact) mass is 286 g/mol. The second-order valence-corrected chi connectivity index (χ2v) is 5.62. The van der Waals surface area contributed by atoms with Gasteiger partial charge in [0.25, 0.3) is 0 Å². The van der Waals surface area contributed by atoms with E-state index in [2.05, 4.69) is 19.2 Å². The van der Waals surface area contributed by atoms with Crippen LogP contribution in [-0.2, 0) is 9.53 Å². The van der Waals surface area contributed by atoms with Gasteiger partial charge in [-0.05, 0) is 19.3 Å². The molecule has 1 heterocycles. The highest BCUT2D eigenvalue weighted by molar-refractivity contribution is 5.76. The maximum atomic E-state index is 12.2. The van der Waals surface area contributed by atoms with Crippen molar-refractivity contribution in [2.75, 3.05) is 19.8 Å². The molecule has 2 amide bonds. The number of carbonyl (C=O) groups is 2. The Hall–Kier alpha value is -1.30. The summed E-state index contributed by atoms with van der Waals surface area (Å²) in [4.78, 5) is 24.7. The lowest BCUT2D eigenvalue weighted by molar-refractivity contribution is -0.139. The number of amides is 2. The number of urea groups is 1. The second kappa shape index (κ2) is 8.09. The van der Waals surface area contributed by atoms with Crippen LogP contribution in [0.3, 0.4) is 0 Å². The zero-order valence-electron chi connectivity index (χ0n) is 12.6. The number of aliphatic carboxylic acids is 1. The summed E-state index contributed by atoms with van der Waals surface area (Å²) in [5.74, 6) is -0.351. The average molecular weight is 286 g/mol. The van der Waals surface area contributed by atoms with Gasteiger partial charge in [0.2, 0.25) is 0 Å². The number of carbonyl (C=O) groups excluding carboxylic acids is 1. The molecule has 1 rings (SSSR count). The third-order valence-corrected chi connectivity index (χ3v) is 3.72. The largest absolute Gasteiger partial charge is 0.481 e. The maximum Gasteiger partial charge on any atom is 0.318 e. The number of hydrogen-bond donors (Lipinski definition) is 2. The van der Waals surface area contributed by atoms with E-state index in [0.29, 0.717) is 25.7 Å². The molecule has 0 aromatic carbocycles. The Kier molecular flexibility index (Phi) is 6.78. The average Bonchev–Trinajstić information content (AvgIpc) is 2.38. The van der Waals surface area contributed by atoms with E-state index < -0.39 is 5.97 Å². The minimum Gasteiger partial charge on any atom is -0.481 e. The molecule has 20 heavy (non-hydrogen) atoms. The summed E-state index contributed by atoms with van der Waals surface area (Å²) >= 11 is 0. The Labute approximate surface area is 120 Å². The summed E-state index contributed by atoms with van der Waals surface area (Å²) < 4.78 is 5.27. The van der Waals surface area contributed by atoms with Crippen LogP contribution in [0.2, 0.25) is 0 Å². The van der Waals surface area contributed by atoms with Crippen molar-refractivity contribution in [2.45, 2.75) is 52.1 Å². The Balaban J connectivity index is 2.52. The predicted octanol–water partition coefficient (Wildman–Crippen LogP) is 1.70. The number of carboxylic acid groups (broad SMARTS) is 1. The van der Waals surface area contributed by atoms with Crippen LogP contribution in [0.5, 0.6) is 0 Å². The summed E-state index contributed by atoms with van der Waals surface area (Å²) in [7, 11) is 0. The Morgan fingerprint density at radius 3 is 2.75 bits per heavy atom. The van der Waals surface area contributed by atoms with Gasteiger partial charge in [-0.2, -0.15) is 0 Å². The lowest BCUT2D eigenvalue weighted by Crippen LogP contribution is -2.54. The summed E-state index contributed by atoms with van der Waals surface area (Å²) in [6.45, 7) is 7.47. The van der Waals surface area contributed by atoms with Crippen molar-refractivity contribution >= 4 is 12.0 Å². The van der Waals surface area contributed by atoms with Crippen LogP contribution in [0.15, 0.2) is 0 Å². The van der Waals surface area contributed by atoms with E-state index in [9.17, 15) is 9.59 Å². The molecule has 0 aliphatic carbocycles. The van der Waals surface area contributed by atoms with E-state index >= 15 is 0 Å². The van der Waals surface area contributed by atoms with E-state index in [0.717, 1.165) is 12.8 Å². The maximum absolute atomic E-state index is 12.2. The van der Waals surface area contributed by atoms with E-state index in [1.807, 2.05) is 6.92 Å². The zero-order chi connectivity index (χ0) is 15.1. The molecule has 0 aromatic heterocycles. The number of hydrogen-bond acceptors (Lipinski definition) is 3. The topological polar surface area (TPSA) is 78.9 Å². The van der Waals surface area contributed by atoms with Gasteiger partial charge in [0, 0.05) is 12.6 Å². The van der Waals surface area contributed by atoms with Crippen molar-refractivity contribution in [2.24, 2.45) is 5.92 Å². The van der Waals surface area contributed by atoms with Crippen LogP contribution in [-0.4, -0.2) is 53.8 Å². The molecule has 1 saturated heterocycles. The van der Waals surface area contributed by atoms with Crippen molar-refractivity contribution in [3.63, 3.8) is 0 Å². The van der Waals surface area contributed by atoms with Crippen LogP contribution in [0.25, 0.3) is 0 Å². The van der Waals surface area contributed by atoms with Crippen molar-refractivity contribution in [3.05, 3.63) is 0 Å². The molecule has 2 N–H and O–H groups in total. The molecule has 116 valence electrons. The molecule has 0 aromatic rings. The highest BCUT2D eigenvalue weighted by Crippen LogP contribution is 2.13. The minimum absolute atomic E-state index is 0.0762. The minimum atomic E-state index is -0.911. The van der Waals surface area contributed by atoms with Crippen molar-refractivity contribution < 1.29 is 19.4 Å². The molecule has 0 spiro atoms. The number of morpholine rings is 1. The first-order chi connectivity index (χ1) is 9.43. The van der Waals surface area contributed by atoms with E-state index in [-0.39, 0.29) is 24.5 Å². The fourth-order valence-corrected chi connectivity index (χ4v) is 2.42. The first-order valence-electron chi connectivity index (χ1n) is 7.30. The molecular weight excluding hydrogens is 260 g/mol. The molecule has 1 fully saturated rings. The third kappa shape index (κ3) is 5.36. The van der Waals surface area contributed by atoms with Crippen LogP contribution < -0.4 is 5.32 Å². The third-order valence-electron chi connectivity index (χ3n) is 3.72. The Morgan fingerprint density at radius 2 is 2.15 bits per heavy atom. The fourth-order valence-electron chi connectivity index (χ4n) is 2.42. The van der Waals surface area contributed by atoms with Crippen LogP contribution in [0, 0.1) is 5.92 Å². The predicted molar refractivity (Wildman–Crippen MR) is 75.6 cm³/mol. The molecule has 0 saturated carbocycles. The molecule has 1 aliphatic heterocycles. The van der Waals surface area contributed by atoms with Gasteiger partial charge in [0.1, 0.15) is 0 Å². The Bertz CT molecular complexity index is 335. The standard InChI is InChI=1S/C14H26N2O4/c1-4-10(2)7-11(3)15-14(19)16-5-6-20-9-12(16)8-13(17)18/h10-12H,4-9H2,1-3H3,(H,15,19)(H,17,18). The van der Waals surface area contributed by atoms with Gasteiger partial charge >= 0.3 is 12.0 Å². The first-order valence-corrected chi connectivity index (χ1v) is 7.30. The van der Waals surface area contributed by atoms with Crippen LogP contribution in [0.1, 0.15) is 40.0 Å². The first kappa shape index (κ1) is 16.8. The molecule has 1 aliphatic rings. The molecule has 6 heteroatoms. The SMILES string of the molecule is CCC(C)CC(C)NC(=O)N1CCOCC1CC(=O)O.